The van der Waals surface area contributed by atoms with Gasteiger partial charge in [-0.05, 0) is 62.8 Å². The number of aryl methyl sites for hydroxylation is 3. The minimum absolute atomic E-state index is 0.0841. The van der Waals surface area contributed by atoms with Crippen molar-refractivity contribution in [1.29, 1.82) is 0 Å². The van der Waals surface area contributed by atoms with E-state index in [-0.39, 0.29) is 12.5 Å². The highest BCUT2D eigenvalue weighted by atomic mass is 16.5. The predicted octanol–water partition coefficient (Wildman–Crippen LogP) is 3.66. The third-order valence-corrected chi connectivity index (χ3v) is 4.90. The lowest BCUT2D eigenvalue weighted by Gasteiger charge is -2.31. The average Bonchev–Trinajstić information content (AvgIpc) is 2.63. The number of carbonyl (C=O) groups excluding carboxylic acids is 1. The van der Waals surface area contributed by atoms with Crippen molar-refractivity contribution in [2.75, 3.05) is 29.9 Å². The van der Waals surface area contributed by atoms with Gasteiger partial charge in [0.25, 0.3) is 5.91 Å². The van der Waals surface area contributed by atoms with Gasteiger partial charge >= 0.3 is 0 Å². The van der Waals surface area contributed by atoms with E-state index in [0.717, 1.165) is 36.5 Å². The lowest BCUT2D eigenvalue weighted by molar-refractivity contribution is -0.118. The molecule has 0 saturated carbocycles. The Labute approximate surface area is 161 Å². The quantitative estimate of drug-likeness (QED) is 0.872. The first-order valence-electron chi connectivity index (χ1n) is 9.51. The largest absolute Gasteiger partial charge is 0.467 e. The Morgan fingerprint density at radius 2 is 2.04 bits per heavy atom. The number of hydrogen-bond donors (Lipinski definition) is 1. The van der Waals surface area contributed by atoms with E-state index in [1.807, 2.05) is 39.0 Å². The van der Waals surface area contributed by atoms with E-state index < -0.39 is 0 Å². The zero-order valence-electron chi connectivity index (χ0n) is 16.6. The number of ether oxygens (including phenoxy) is 1. The second-order valence-electron chi connectivity index (χ2n) is 7.48. The van der Waals surface area contributed by atoms with Gasteiger partial charge in [0.05, 0.1) is 0 Å². The first-order chi connectivity index (χ1) is 12.9. The molecule has 27 heavy (non-hydrogen) atoms. The highest BCUT2D eigenvalue weighted by Crippen LogP contribution is 2.22. The lowest BCUT2D eigenvalue weighted by Crippen LogP contribution is -2.35. The van der Waals surface area contributed by atoms with Crippen LogP contribution in [0.2, 0.25) is 0 Å². The summed E-state index contributed by atoms with van der Waals surface area (Å²) in [4.78, 5) is 23.5. The van der Waals surface area contributed by atoms with Gasteiger partial charge in [-0.3, -0.25) is 4.79 Å². The maximum atomic E-state index is 12.2. The van der Waals surface area contributed by atoms with Crippen LogP contribution < -0.4 is 15.0 Å². The molecule has 0 radical (unpaired) electrons. The molecule has 6 heteroatoms. The third kappa shape index (κ3) is 5.18. The summed E-state index contributed by atoms with van der Waals surface area (Å²) in [7, 11) is 0. The molecule has 0 bridgehead atoms. The van der Waals surface area contributed by atoms with Crippen molar-refractivity contribution >= 4 is 17.5 Å². The maximum Gasteiger partial charge on any atom is 0.262 e. The summed E-state index contributed by atoms with van der Waals surface area (Å²) < 4.78 is 5.64. The van der Waals surface area contributed by atoms with Gasteiger partial charge in [0.1, 0.15) is 0 Å². The van der Waals surface area contributed by atoms with Crippen molar-refractivity contribution in [2.45, 2.75) is 40.5 Å². The van der Waals surface area contributed by atoms with Crippen LogP contribution in [-0.4, -0.2) is 35.6 Å². The van der Waals surface area contributed by atoms with Crippen molar-refractivity contribution in [3.63, 3.8) is 0 Å². The van der Waals surface area contributed by atoms with E-state index in [2.05, 4.69) is 27.1 Å². The molecule has 1 aliphatic rings. The fraction of sp³-hybridized carbons (Fsp3) is 0.476. The topological polar surface area (TPSA) is 67.3 Å². The predicted molar refractivity (Wildman–Crippen MR) is 107 cm³/mol. The average molecular weight is 368 g/mol. The second-order valence-corrected chi connectivity index (χ2v) is 7.48. The molecule has 1 aliphatic heterocycles. The third-order valence-electron chi connectivity index (χ3n) is 4.90. The number of anilines is 2. The number of benzene rings is 1. The summed E-state index contributed by atoms with van der Waals surface area (Å²) >= 11 is 0. The molecule has 1 amide bonds. The molecule has 0 aliphatic carbocycles. The van der Waals surface area contributed by atoms with Crippen molar-refractivity contribution in [3.05, 3.63) is 41.1 Å². The molecule has 0 spiro atoms. The summed E-state index contributed by atoms with van der Waals surface area (Å²) in [6.45, 7) is 10.1. The first-order valence-corrected chi connectivity index (χ1v) is 9.51. The Balaban J connectivity index is 1.61. The fourth-order valence-corrected chi connectivity index (χ4v) is 3.27. The fourth-order valence-electron chi connectivity index (χ4n) is 3.27. The van der Waals surface area contributed by atoms with E-state index in [1.54, 1.807) is 6.07 Å². The Morgan fingerprint density at radius 1 is 1.22 bits per heavy atom. The lowest BCUT2D eigenvalue weighted by atomic mass is 10.0. The van der Waals surface area contributed by atoms with E-state index in [0.29, 0.717) is 17.7 Å². The van der Waals surface area contributed by atoms with Crippen molar-refractivity contribution in [3.8, 4) is 5.88 Å². The number of aromatic nitrogens is 2. The zero-order chi connectivity index (χ0) is 19.4. The van der Waals surface area contributed by atoms with Crippen LogP contribution in [0.15, 0.2) is 24.3 Å². The van der Waals surface area contributed by atoms with E-state index in [9.17, 15) is 4.79 Å². The highest BCUT2D eigenvalue weighted by Gasteiger charge is 2.19. The molecular formula is C21H28N4O2. The van der Waals surface area contributed by atoms with Crippen LogP contribution in [0.4, 0.5) is 11.6 Å². The van der Waals surface area contributed by atoms with Crippen LogP contribution in [0.1, 0.15) is 36.6 Å². The van der Waals surface area contributed by atoms with Gasteiger partial charge in [-0.25, -0.2) is 4.98 Å². The molecule has 6 nitrogen and oxygen atoms in total. The summed E-state index contributed by atoms with van der Waals surface area (Å²) in [5, 5.41) is 2.86. The minimum atomic E-state index is -0.206. The molecule has 1 atom stereocenters. The van der Waals surface area contributed by atoms with Gasteiger partial charge in [-0.1, -0.05) is 13.0 Å². The Hall–Kier alpha value is -2.63. The van der Waals surface area contributed by atoms with Gasteiger partial charge in [-0.2, -0.15) is 4.98 Å². The Kier molecular flexibility index (Phi) is 5.94. The molecule has 2 aromatic rings. The van der Waals surface area contributed by atoms with Crippen LogP contribution >= 0.6 is 0 Å². The Morgan fingerprint density at radius 3 is 2.78 bits per heavy atom. The van der Waals surface area contributed by atoms with E-state index >= 15 is 0 Å². The number of carbonyl (C=O) groups is 1. The summed E-state index contributed by atoms with van der Waals surface area (Å²) in [5.74, 6) is 1.55. The van der Waals surface area contributed by atoms with E-state index in [4.69, 9.17) is 4.74 Å². The monoisotopic (exact) mass is 368 g/mol. The van der Waals surface area contributed by atoms with Gasteiger partial charge in [-0.15, -0.1) is 0 Å². The number of nitrogens with one attached hydrogen (secondary N) is 1. The molecule has 144 valence electrons. The molecule has 1 saturated heterocycles. The molecule has 1 N–H and O–H groups in total. The van der Waals surface area contributed by atoms with Crippen molar-refractivity contribution in [2.24, 2.45) is 5.92 Å². The first kappa shape index (κ1) is 19.1. The smallest absolute Gasteiger partial charge is 0.262 e. The summed E-state index contributed by atoms with van der Waals surface area (Å²) in [5.41, 5.74) is 3.94. The summed E-state index contributed by atoms with van der Waals surface area (Å²) in [6, 6.07) is 7.61. The van der Waals surface area contributed by atoms with Crippen molar-refractivity contribution in [1.82, 2.24) is 9.97 Å². The van der Waals surface area contributed by atoms with Crippen LogP contribution in [0.3, 0.4) is 0 Å². The minimum Gasteiger partial charge on any atom is -0.467 e. The normalized spacial score (nSPS) is 16.9. The van der Waals surface area contributed by atoms with E-state index in [1.165, 1.54) is 12.0 Å². The molecule has 0 unspecified atom stereocenters. The molecule has 1 fully saturated rings. The standard InChI is InChI=1S/C21H28N4O2/c1-14-6-5-9-25(12-14)21-22-17(4)11-20(24-21)27-13-19(26)23-18-8-7-15(2)16(3)10-18/h7-8,10-11,14H,5-6,9,12-13H2,1-4H3,(H,23,26)/t14-/m0/s1. The molecule has 3 rings (SSSR count). The van der Waals surface area contributed by atoms with Crippen LogP contribution in [0, 0.1) is 26.7 Å². The maximum absolute atomic E-state index is 12.2. The molecular weight excluding hydrogens is 340 g/mol. The summed E-state index contributed by atoms with van der Waals surface area (Å²) in [6.07, 6.45) is 2.39. The number of nitrogens with zero attached hydrogens (tertiary/aromatic N) is 3. The SMILES string of the molecule is Cc1cc(OCC(=O)Nc2ccc(C)c(C)c2)nc(N2CCC[C@H](C)C2)n1. The zero-order valence-corrected chi connectivity index (χ0v) is 16.6. The number of hydrogen-bond acceptors (Lipinski definition) is 5. The Bertz CT molecular complexity index is 822. The van der Waals surface area contributed by atoms with Gasteiger partial charge in [0.2, 0.25) is 11.8 Å². The number of amides is 1. The van der Waals surface area contributed by atoms with Crippen LogP contribution in [-0.2, 0) is 4.79 Å². The highest BCUT2D eigenvalue weighted by molar-refractivity contribution is 5.92. The molecule has 1 aromatic heterocycles. The number of rotatable bonds is 5. The van der Waals surface area contributed by atoms with Crippen LogP contribution in [0.5, 0.6) is 5.88 Å². The van der Waals surface area contributed by atoms with Gasteiger partial charge in [0, 0.05) is 30.5 Å². The molecule has 1 aromatic carbocycles. The molecule has 2 heterocycles. The van der Waals surface area contributed by atoms with Crippen molar-refractivity contribution < 1.29 is 9.53 Å². The van der Waals surface area contributed by atoms with Gasteiger partial charge in [0.15, 0.2) is 6.61 Å². The number of piperidine rings is 1. The van der Waals surface area contributed by atoms with Crippen LogP contribution in [0.25, 0.3) is 0 Å². The second kappa shape index (κ2) is 8.37. The van der Waals surface area contributed by atoms with Gasteiger partial charge < -0.3 is 15.0 Å².